The maximum Gasteiger partial charge on any atom is 0.328 e. The fourth-order valence-corrected chi connectivity index (χ4v) is 3.00. The molecular formula is C15H25NO4. The summed E-state index contributed by atoms with van der Waals surface area (Å²) >= 11 is 0. The second kappa shape index (κ2) is 6.00. The first kappa shape index (κ1) is 14.3. The van der Waals surface area contributed by atoms with Crippen LogP contribution in [-0.2, 0) is 19.0 Å². The molecule has 0 aromatic carbocycles. The predicted molar refractivity (Wildman–Crippen MR) is 73.4 cm³/mol. The number of nitrogens with one attached hydrogen (secondary N) is 1. The Hall–Kier alpha value is -0.650. The van der Waals surface area contributed by atoms with Crippen LogP contribution in [0.4, 0.5) is 0 Å². The van der Waals surface area contributed by atoms with Gasteiger partial charge < -0.3 is 14.2 Å². The Morgan fingerprint density at radius 2 is 1.90 bits per heavy atom. The second-order valence-electron chi connectivity index (χ2n) is 6.28. The summed E-state index contributed by atoms with van der Waals surface area (Å²) in [5, 5.41) is 3.53. The van der Waals surface area contributed by atoms with E-state index in [0.717, 1.165) is 51.7 Å². The van der Waals surface area contributed by atoms with Crippen LogP contribution in [0.1, 0.15) is 38.5 Å². The van der Waals surface area contributed by atoms with Gasteiger partial charge in [-0.1, -0.05) is 0 Å². The summed E-state index contributed by atoms with van der Waals surface area (Å²) in [5.41, 5.74) is -0.617. The molecule has 3 aliphatic rings. The van der Waals surface area contributed by atoms with E-state index in [4.69, 9.17) is 14.2 Å². The summed E-state index contributed by atoms with van der Waals surface area (Å²) in [7, 11) is 1.47. The molecule has 0 aromatic heterocycles. The van der Waals surface area contributed by atoms with Crippen LogP contribution in [0.15, 0.2) is 0 Å². The first-order valence-electron chi connectivity index (χ1n) is 7.80. The Morgan fingerprint density at radius 1 is 1.20 bits per heavy atom. The first-order chi connectivity index (χ1) is 9.74. The summed E-state index contributed by atoms with van der Waals surface area (Å²) in [6, 6.07) is 0.466. The third-order valence-corrected chi connectivity index (χ3v) is 4.58. The predicted octanol–water partition coefficient (Wildman–Crippen LogP) is 1.26. The third-order valence-electron chi connectivity index (χ3n) is 4.58. The van der Waals surface area contributed by atoms with Gasteiger partial charge in [-0.05, 0) is 44.4 Å². The smallest absolute Gasteiger partial charge is 0.328 e. The monoisotopic (exact) mass is 283 g/mol. The highest BCUT2D eigenvalue weighted by atomic mass is 16.5. The molecule has 114 valence electrons. The molecule has 1 atom stereocenters. The number of hydrogen-bond donors (Lipinski definition) is 1. The number of carbonyl (C=O) groups is 1. The lowest BCUT2D eigenvalue weighted by Gasteiger charge is -2.34. The van der Waals surface area contributed by atoms with Crippen molar-refractivity contribution >= 4 is 5.97 Å². The zero-order chi connectivity index (χ0) is 14.0. The van der Waals surface area contributed by atoms with Crippen LogP contribution < -0.4 is 5.32 Å². The second-order valence-corrected chi connectivity index (χ2v) is 6.28. The normalized spacial score (nSPS) is 27.1. The van der Waals surface area contributed by atoms with Crippen LogP contribution >= 0.6 is 0 Å². The van der Waals surface area contributed by atoms with Gasteiger partial charge in [0.2, 0.25) is 0 Å². The van der Waals surface area contributed by atoms with Crippen molar-refractivity contribution in [1.82, 2.24) is 5.32 Å². The van der Waals surface area contributed by atoms with Gasteiger partial charge in [-0.2, -0.15) is 0 Å². The molecular weight excluding hydrogens is 258 g/mol. The number of carbonyl (C=O) groups excluding carboxylic acids is 1. The van der Waals surface area contributed by atoms with Crippen LogP contribution in [0, 0.1) is 5.92 Å². The molecule has 2 saturated carbocycles. The van der Waals surface area contributed by atoms with Gasteiger partial charge in [0.1, 0.15) is 5.54 Å². The van der Waals surface area contributed by atoms with Crippen molar-refractivity contribution in [1.29, 1.82) is 0 Å². The molecule has 0 amide bonds. The number of methoxy groups -OCH3 is 1. The van der Waals surface area contributed by atoms with Crippen LogP contribution in [0.5, 0.6) is 0 Å². The van der Waals surface area contributed by atoms with Gasteiger partial charge in [0.15, 0.2) is 0 Å². The van der Waals surface area contributed by atoms with Crippen molar-refractivity contribution in [3.63, 3.8) is 0 Å². The Kier molecular flexibility index (Phi) is 4.29. The highest BCUT2D eigenvalue weighted by molar-refractivity contribution is 5.82. The average Bonchev–Trinajstić information content (AvgIpc) is 3.37. The molecule has 1 unspecified atom stereocenters. The Balaban J connectivity index is 1.64. The van der Waals surface area contributed by atoms with Crippen molar-refractivity contribution in [2.24, 2.45) is 5.92 Å². The van der Waals surface area contributed by atoms with Gasteiger partial charge in [-0.15, -0.1) is 0 Å². The quantitative estimate of drug-likeness (QED) is 0.713. The van der Waals surface area contributed by atoms with Crippen LogP contribution in [-0.4, -0.2) is 50.6 Å². The standard InChI is InChI=1S/C15H25NO4/c1-18-14(17)15(11-2-3-11,16-12-4-5-12)10-20-13-6-8-19-9-7-13/h11-13,16H,2-10H2,1H3. The SMILES string of the molecule is COC(=O)C(COC1CCOCC1)(NC1CC1)C1CC1. The van der Waals surface area contributed by atoms with E-state index in [2.05, 4.69) is 5.32 Å². The molecule has 2 aliphatic carbocycles. The van der Waals surface area contributed by atoms with Gasteiger partial charge in [0, 0.05) is 19.3 Å². The van der Waals surface area contributed by atoms with Crippen molar-refractivity contribution in [2.75, 3.05) is 26.9 Å². The van der Waals surface area contributed by atoms with E-state index >= 15 is 0 Å². The number of esters is 1. The van der Waals surface area contributed by atoms with E-state index in [1.165, 1.54) is 7.11 Å². The molecule has 1 heterocycles. The molecule has 3 rings (SSSR count). The maximum atomic E-state index is 12.4. The maximum absolute atomic E-state index is 12.4. The first-order valence-corrected chi connectivity index (χ1v) is 7.80. The lowest BCUT2D eigenvalue weighted by Crippen LogP contribution is -2.59. The molecule has 0 aromatic rings. The van der Waals surface area contributed by atoms with Gasteiger partial charge >= 0.3 is 5.97 Å². The molecule has 1 saturated heterocycles. The third kappa shape index (κ3) is 3.15. The van der Waals surface area contributed by atoms with Crippen LogP contribution in [0.25, 0.3) is 0 Å². The van der Waals surface area contributed by atoms with Gasteiger partial charge in [0.25, 0.3) is 0 Å². The van der Waals surface area contributed by atoms with E-state index in [1.54, 1.807) is 0 Å². The molecule has 3 fully saturated rings. The Bertz CT molecular complexity index is 348. The molecule has 1 aliphatic heterocycles. The minimum Gasteiger partial charge on any atom is -0.468 e. The Labute approximate surface area is 120 Å². The highest BCUT2D eigenvalue weighted by Gasteiger charge is 2.54. The average molecular weight is 283 g/mol. The van der Waals surface area contributed by atoms with Gasteiger partial charge in [-0.25, -0.2) is 4.79 Å². The van der Waals surface area contributed by atoms with Crippen molar-refractivity contribution in [3.8, 4) is 0 Å². The minimum atomic E-state index is -0.617. The van der Waals surface area contributed by atoms with E-state index in [0.29, 0.717) is 18.6 Å². The zero-order valence-electron chi connectivity index (χ0n) is 12.2. The molecule has 20 heavy (non-hydrogen) atoms. The summed E-state index contributed by atoms with van der Waals surface area (Å²) < 4.78 is 16.5. The van der Waals surface area contributed by atoms with Crippen LogP contribution in [0.3, 0.4) is 0 Å². The summed E-state index contributed by atoms with van der Waals surface area (Å²) in [6.07, 6.45) is 6.55. The molecule has 0 radical (unpaired) electrons. The van der Waals surface area contributed by atoms with E-state index < -0.39 is 5.54 Å². The van der Waals surface area contributed by atoms with E-state index in [-0.39, 0.29) is 12.1 Å². The highest BCUT2D eigenvalue weighted by Crippen LogP contribution is 2.42. The lowest BCUT2D eigenvalue weighted by atomic mass is 9.93. The zero-order valence-corrected chi connectivity index (χ0v) is 12.2. The minimum absolute atomic E-state index is 0.154. The van der Waals surface area contributed by atoms with Crippen molar-refractivity contribution in [2.45, 2.75) is 56.2 Å². The molecule has 0 bridgehead atoms. The van der Waals surface area contributed by atoms with E-state index in [1.807, 2.05) is 0 Å². The van der Waals surface area contributed by atoms with Gasteiger partial charge in [-0.3, -0.25) is 5.32 Å². The summed E-state index contributed by atoms with van der Waals surface area (Å²) in [6.45, 7) is 1.95. The van der Waals surface area contributed by atoms with Crippen LogP contribution in [0.2, 0.25) is 0 Å². The van der Waals surface area contributed by atoms with E-state index in [9.17, 15) is 4.79 Å². The van der Waals surface area contributed by atoms with Crippen molar-refractivity contribution < 1.29 is 19.0 Å². The Morgan fingerprint density at radius 3 is 2.45 bits per heavy atom. The fraction of sp³-hybridized carbons (Fsp3) is 0.933. The number of hydrogen-bond acceptors (Lipinski definition) is 5. The summed E-state index contributed by atoms with van der Waals surface area (Å²) in [5.74, 6) is 0.217. The fourth-order valence-electron chi connectivity index (χ4n) is 3.00. The number of ether oxygens (including phenoxy) is 3. The molecule has 1 N–H and O–H groups in total. The molecule has 5 heteroatoms. The topological polar surface area (TPSA) is 56.8 Å². The molecule has 0 spiro atoms. The largest absolute Gasteiger partial charge is 0.468 e. The summed E-state index contributed by atoms with van der Waals surface area (Å²) in [4.78, 5) is 12.4. The van der Waals surface area contributed by atoms with Gasteiger partial charge in [0.05, 0.1) is 19.8 Å². The number of rotatable bonds is 7. The molecule has 5 nitrogen and oxygen atoms in total. The van der Waals surface area contributed by atoms with Crippen molar-refractivity contribution in [3.05, 3.63) is 0 Å². The lowest BCUT2D eigenvalue weighted by molar-refractivity contribution is -0.155.